The van der Waals surface area contributed by atoms with Crippen molar-refractivity contribution < 1.29 is 0 Å². The van der Waals surface area contributed by atoms with Crippen LogP contribution in [-0.4, -0.2) is 6.04 Å². The van der Waals surface area contributed by atoms with Crippen molar-refractivity contribution in [3.63, 3.8) is 0 Å². The van der Waals surface area contributed by atoms with Gasteiger partial charge in [-0.05, 0) is 29.7 Å². The van der Waals surface area contributed by atoms with Crippen molar-refractivity contribution >= 4 is 10.8 Å². The summed E-state index contributed by atoms with van der Waals surface area (Å²) in [5.74, 6) is 0. The zero-order chi connectivity index (χ0) is 13.7. The summed E-state index contributed by atoms with van der Waals surface area (Å²) in [6.45, 7) is 4.28. The molecule has 2 atom stereocenters. The Morgan fingerprint density at radius 1 is 1.16 bits per heavy atom. The minimum Gasteiger partial charge on any atom is -0.306 e. The Balaban J connectivity index is 2.26. The van der Waals surface area contributed by atoms with E-state index in [-0.39, 0.29) is 12.1 Å². The maximum atomic E-state index is 8.83. The highest BCUT2D eigenvalue weighted by Crippen LogP contribution is 2.24. The van der Waals surface area contributed by atoms with Crippen LogP contribution in [0.1, 0.15) is 38.3 Å². The van der Waals surface area contributed by atoms with Crippen LogP contribution in [0, 0.1) is 11.3 Å². The van der Waals surface area contributed by atoms with Crippen molar-refractivity contribution in [3.05, 3.63) is 48.0 Å². The zero-order valence-corrected chi connectivity index (χ0v) is 11.6. The Hall–Kier alpha value is -1.85. The summed E-state index contributed by atoms with van der Waals surface area (Å²) in [7, 11) is 0. The summed E-state index contributed by atoms with van der Waals surface area (Å²) in [6.07, 6.45) is 1.54. The van der Waals surface area contributed by atoms with E-state index >= 15 is 0 Å². The fourth-order valence-electron chi connectivity index (χ4n) is 2.50. The summed E-state index contributed by atoms with van der Waals surface area (Å²) in [4.78, 5) is 0. The van der Waals surface area contributed by atoms with Crippen molar-refractivity contribution in [2.24, 2.45) is 0 Å². The topological polar surface area (TPSA) is 35.8 Å². The molecule has 0 saturated heterocycles. The van der Waals surface area contributed by atoms with E-state index < -0.39 is 0 Å². The van der Waals surface area contributed by atoms with Crippen LogP contribution in [0.2, 0.25) is 0 Å². The second-order valence-corrected chi connectivity index (χ2v) is 4.92. The molecule has 98 valence electrons. The third-order valence-electron chi connectivity index (χ3n) is 3.61. The van der Waals surface area contributed by atoms with Gasteiger partial charge in [-0.3, -0.25) is 0 Å². The molecule has 0 aromatic heterocycles. The van der Waals surface area contributed by atoms with Crippen LogP contribution in [0.4, 0.5) is 0 Å². The summed E-state index contributed by atoms with van der Waals surface area (Å²) < 4.78 is 0. The van der Waals surface area contributed by atoms with Gasteiger partial charge in [-0.2, -0.15) is 5.26 Å². The molecule has 2 aromatic carbocycles. The molecule has 0 heterocycles. The molecule has 0 bridgehead atoms. The van der Waals surface area contributed by atoms with Gasteiger partial charge in [-0.1, -0.05) is 49.4 Å². The van der Waals surface area contributed by atoms with Gasteiger partial charge in [-0.25, -0.2) is 0 Å². The van der Waals surface area contributed by atoms with Gasteiger partial charge in [0.15, 0.2) is 0 Å². The molecule has 19 heavy (non-hydrogen) atoms. The van der Waals surface area contributed by atoms with Gasteiger partial charge >= 0.3 is 0 Å². The fraction of sp³-hybridized carbons (Fsp3) is 0.353. The second-order valence-electron chi connectivity index (χ2n) is 4.92. The molecular weight excluding hydrogens is 232 g/mol. The van der Waals surface area contributed by atoms with Crippen LogP contribution < -0.4 is 5.32 Å². The van der Waals surface area contributed by atoms with Gasteiger partial charge < -0.3 is 5.32 Å². The Labute approximate surface area is 115 Å². The number of nitrogens with zero attached hydrogens (tertiary/aromatic N) is 1. The predicted molar refractivity (Wildman–Crippen MR) is 79.8 cm³/mol. The van der Waals surface area contributed by atoms with E-state index in [1.54, 1.807) is 0 Å². The predicted octanol–water partition coefficient (Wildman–Crippen LogP) is 4.18. The molecule has 0 radical (unpaired) electrons. The van der Waals surface area contributed by atoms with Crippen LogP contribution >= 0.6 is 0 Å². The van der Waals surface area contributed by atoms with E-state index in [1.165, 1.54) is 16.3 Å². The van der Waals surface area contributed by atoms with Gasteiger partial charge in [0.2, 0.25) is 0 Å². The highest BCUT2D eigenvalue weighted by Gasteiger charge is 2.13. The van der Waals surface area contributed by atoms with Crippen molar-refractivity contribution in [1.82, 2.24) is 5.32 Å². The first kappa shape index (κ1) is 13.6. The first-order chi connectivity index (χ1) is 9.26. The molecule has 2 aromatic rings. The summed E-state index contributed by atoms with van der Waals surface area (Å²) in [6, 6.07) is 17.6. The standard InChI is InChI=1S/C17H20N2/c1-3-15(11-12-18)19-13(2)16-10-6-8-14-7-4-5-9-17(14)16/h4-10,13,15,19H,3,11H2,1-2H3. The average molecular weight is 252 g/mol. The Morgan fingerprint density at radius 2 is 1.89 bits per heavy atom. The maximum absolute atomic E-state index is 8.83. The smallest absolute Gasteiger partial charge is 0.0638 e. The van der Waals surface area contributed by atoms with Gasteiger partial charge in [-0.15, -0.1) is 0 Å². The van der Waals surface area contributed by atoms with Crippen molar-refractivity contribution in [2.45, 2.75) is 38.8 Å². The van der Waals surface area contributed by atoms with Crippen LogP contribution in [0.3, 0.4) is 0 Å². The number of hydrogen-bond donors (Lipinski definition) is 1. The molecule has 0 aliphatic heterocycles. The monoisotopic (exact) mass is 252 g/mol. The van der Waals surface area contributed by atoms with E-state index in [2.05, 4.69) is 67.7 Å². The van der Waals surface area contributed by atoms with Crippen LogP contribution in [0.5, 0.6) is 0 Å². The highest BCUT2D eigenvalue weighted by molar-refractivity contribution is 5.86. The lowest BCUT2D eigenvalue weighted by Gasteiger charge is -2.22. The van der Waals surface area contributed by atoms with Crippen molar-refractivity contribution in [1.29, 1.82) is 5.26 Å². The van der Waals surface area contributed by atoms with E-state index in [1.807, 2.05) is 0 Å². The Morgan fingerprint density at radius 3 is 2.63 bits per heavy atom. The van der Waals surface area contributed by atoms with Crippen LogP contribution in [-0.2, 0) is 0 Å². The number of benzene rings is 2. The molecule has 0 aliphatic rings. The molecule has 2 rings (SSSR count). The molecule has 2 heteroatoms. The first-order valence-corrected chi connectivity index (χ1v) is 6.87. The zero-order valence-electron chi connectivity index (χ0n) is 11.6. The SMILES string of the molecule is CCC(CC#N)NC(C)c1cccc2ccccc12. The largest absolute Gasteiger partial charge is 0.306 e. The van der Waals surface area contributed by atoms with E-state index in [0.29, 0.717) is 6.42 Å². The number of fused-ring (bicyclic) bond motifs is 1. The quantitative estimate of drug-likeness (QED) is 0.866. The lowest BCUT2D eigenvalue weighted by molar-refractivity contribution is 0.449. The van der Waals surface area contributed by atoms with E-state index in [0.717, 1.165) is 6.42 Å². The van der Waals surface area contributed by atoms with Crippen molar-refractivity contribution in [3.8, 4) is 6.07 Å². The Bertz CT molecular complexity index is 578. The van der Waals surface area contributed by atoms with Gasteiger partial charge in [0.05, 0.1) is 12.5 Å². The molecule has 0 saturated carbocycles. The van der Waals surface area contributed by atoms with Gasteiger partial charge in [0.25, 0.3) is 0 Å². The third-order valence-corrected chi connectivity index (χ3v) is 3.61. The summed E-state index contributed by atoms with van der Waals surface area (Å²) in [5, 5.41) is 14.9. The number of nitriles is 1. The Kier molecular flexibility index (Phi) is 4.54. The van der Waals surface area contributed by atoms with E-state index in [9.17, 15) is 0 Å². The molecule has 2 nitrogen and oxygen atoms in total. The lowest BCUT2D eigenvalue weighted by atomic mass is 9.98. The van der Waals surface area contributed by atoms with Crippen molar-refractivity contribution in [2.75, 3.05) is 0 Å². The molecule has 1 N–H and O–H groups in total. The first-order valence-electron chi connectivity index (χ1n) is 6.87. The average Bonchev–Trinajstić information content (AvgIpc) is 2.46. The van der Waals surface area contributed by atoms with E-state index in [4.69, 9.17) is 5.26 Å². The number of hydrogen-bond acceptors (Lipinski definition) is 2. The minimum absolute atomic E-state index is 0.254. The number of rotatable bonds is 5. The molecule has 0 amide bonds. The highest BCUT2D eigenvalue weighted by atomic mass is 14.9. The summed E-state index contributed by atoms with van der Waals surface area (Å²) >= 11 is 0. The normalized spacial score (nSPS) is 13.9. The second kappa shape index (κ2) is 6.36. The van der Waals surface area contributed by atoms with Crippen LogP contribution in [0.25, 0.3) is 10.8 Å². The third kappa shape index (κ3) is 3.13. The van der Waals surface area contributed by atoms with Gasteiger partial charge in [0.1, 0.15) is 0 Å². The summed E-state index contributed by atoms with van der Waals surface area (Å²) in [5.41, 5.74) is 1.30. The molecule has 0 spiro atoms. The molecule has 0 aliphatic carbocycles. The molecule has 2 unspecified atom stereocenters. The molecule has 0 fully saturated rings. The van der Waals surface area contributed by atoms with Crippen LogP contribution in [0.15, 0.2) is 42.5 Å². The molecular formula is C17H20N2. The maximum Gasteiger partial charge on any atom is 0.0638 e. The lowest BCUT2D eigenvalue weighted by Crippen LogP contribution is -2.30. The fourth-order valence-corrected chi connectivity index (χ4v) is 2.50. The number of nitrogens with one attached hydrogen (secondary N) is 1. The van der Waals surface area contributed by atoms with Gasteiger partial charge in [0, 0.05) is 12.1 Å². The minimum atomic E-state index is 0.254.